The number of nitrogens with zero attached hydrogens (tertiary/aromatic N) is 2. The van der Waals surface area contributed by atoms with E-state index in [0.29, 0.717) is 6.42 Å². The van der Waals surface area contributed by atoms with Crippen LogP contribution >= 0.6 is 0 Å². The third-order valence-corrected chi connectivity index (χ3v) is 2.41. The van der Waals surface area contributed by atoms with Gasteiger partial charge in [0.05, 0.1) is 5.69 Å². The second kappa shape index (κ2) is 4.66. The van der Waals surface area contributed by atoms with Crippen LogP contribution in [0.15, 0.2) is 42.9 Å². The standard InChI is InChI=1S/C13H12N2O/c1-2-13(16)11-6-4-3-5-10(11)12-7-8-14-9-15-12/h3-9H,2H2,1H3. The van der Waals surface area contributed by atoms with Gasteiger partial charge in [-0.2, -0.15) is 0 Å². The van der Waals surface area contributed by atoms with E-state index >= 15 is 0 Å². The number of aromatic nitrogens is 2. The van der Waals surface area contributed by atoms with E-state index in [-0.39, 0.29) is 5.78 Å². The maximum absolute atomic E-state index is 11.8. The summed E-state index contributed by atoms with van der Waals surface area (Å²) in [7, 11) is 0. The summed E-state index contributed by atoms with van der Waals surface area (Å²) in [5.74, 6) is 0.134. The molecule has 1 aromatic carbocycles. The Morgan fingerprint density at radius 3 is 2.75 bits per heavy atom. The predicted molar refractivity (Wildman–Crippen MR) is 62.1 cm³/mol. The lowest BCUT2D eigenvalue weighted by Crippen LogP contribution is -2.00. The van der Waals surface area contributed by atoms with Crippen molar-refractivity contribution in [3.8, 4) is 11.3 Å². The van der Waals surface area contributed by atoms with Crippen LogP contribution in [0.25, 0.3) is 11.3 Å². The van der Waals surface area contributed by atoms with Gasteiger partial charge in [0.2, 0.25) is 0 Å². The van der Waals surface area contributed by atoms with Gasteiger partial charge >= 0.3 is 0 Å². The van der Waals surface area contributed by atoms with Crippen LogP contribution in [0.5, 0.6) is 0 Å². The molecule has 0 bridgehead atoms. The number of Topliss-reactive ketones (excluding diaryl/α,β-unsaturated/α-hetero) is 1. The summed E-state index contributed by atoms with van der Waals surface area (Å²) in [6.07, 6.45) is 3.67. The highest BCUT2D eigenvalue weighted by Gasteiger charge is 2.10. The van der Waals surface area contributed by atoms with Gasteiger partial charge in [0, 0.05) is 23.7 Å². The Bertz CT molecular complexity index is 494. The molecule has 0 unspecified atom stereocenters. The highest BCUT2D eigenvalue weighted by Crippen LogP contribution is 2.21. The maximum atomic E-state index is 11.8. The van der Waals surface area contributed by atoms with Gasteiger partial charge in [-0.05, 0) is 6.07 Å². The summed E-state index contributed by atoms with van der Waals surface area (Å²) < 4.78 is 0. The van der Waals surface area contributed by atoms with Crippen LogP contribution in [-0.2, 0) is 0 Å². The average Bonchev–Trinajstić information content (AvgIpc) is 2.39. The number of carbonyl (C=O) groups is 1. The van der Waals surface area contributed by atoms with Gasteiger partial charge in [0.15, 0.2) is 5.78 Å². The van der Waals surface area contributed by atoms with Crippen molar-refractivity contribution in [3.63, 3.8) is 0 Å². The first kappa shape index (κ1) is 10.5. The van der Waals surface area contributed by atoms with Gasteiger partial charge in [-0.3, -0.25) is 4.79 Å². The summed E-state index contributed by atoms with van der Waals surface area (Å²) in [4.78, 5) is 19.8. The molecule has 0 atom stereocenters. The smallest absolute Gasteiger partial charge is 0.163 e. The second-order valence-electron chi connectivity index (χ2n) is 3.42. The topological polar surface area (TPSA) is 42.9 Å². The first-order valence-electron chi connectivity index (χ1n) is 5.21. The molecule has 0 spiro atoms. The zero-order valence-corrected chi connectivity index (χ0v) is 9.05. The molecular formula is C13H12N2O. The van der Waals surface area contributed by atoms with Gasteiger partial charge in [-0.15, -0.1) is 0 Å². The monoisotopic (exact) mass is 212 g/mol. The van der Waals surface area contributed by atoms with E-state index in [1.165, 1.54) is 6.33 Å². The van der Waals surface area contributed by atoms with Crippen molar-refractivity contribution < 1.29 is 4.79 Å². The molecule has 0 aliphatic heterocycles. The van der Waals surface area contributed by atoms with Crippen LogP contribution in [0.1, 0.15) is 23.7 Å². The molecule has 2 aromatic rings. The van der Waals surface area contributed by atoms with Crippen molar-refractivity contribution in [1.29, 1.82) is 0 Å². The second-order valence-corrected chi connectivity index (χ2v) is 3.42. The first-order chi connectivity index (χ1) is 7.83. The predicted octanol–water partition coefficient (Wildman–Crippen LogP) is 2.74. The normalized spacial score (nSPS) is 10.1. The van der Waals surface area contributed by atoms with E-state index in [2.05, 4.69) is 9.97 Å². The minimum atomic E-state index is 0.134. The molecule has 0 N–H and O–H groups in total. The summed E-state index contributed by atoms with van der Waals surface area (Å²) >= 11 is 0. The quantitative estimate of drug-likeness (QED) is 0.735. The molecule has 0 aliphatic carbocycles. The van der Waals surface area contributed by atoms with Crippen molar-refractivity contribution in [2.45, 2.75) is 13.3 Å². The lowest BCUT2D eigenvalue weighted by atomic mass is 10.00. The van der Waals surface area contributed by atoms with E-state index in [0.717, 1.165) is 16.8 Å². The zero-order chi connectivity index (χ0) is 11.4. The highest BCUT2D eigenvalue weighted by atomic mass is 16.1. The van der Waals surface area contributed by atoms with Crippen LogP contribution in [0.3, 0.4) is 0 Å². The summed E-state index contributed by atoms with van der Waals surface area (Å²) in [6, 6.07) is 9.33. The molecule has 0 saturated heterocycles. The van der Waals surface area contributed by atoms with Crippen LogP contribution in [0.4, 0.5) is 0 Å². The van der Waals surface area contributed by atoms with Crippen molar-refractivity contribution in [3.05, 3.63) is 48.4 Å². The van der Waals surface area contributed by atoms with E-state index in [4.69, 9.17) is 0 Å². The fourth-order valence-electron chi connectivity index (χ4n) is 1.59. The third-order valence-electron chi connectivity index (χ3n) is 2.41. The molecule has 0 fully saturated rings. The molecule has 0 radical (unpaired) electrons. The number of carbonyl (C=O) groups excluding carboxylic acids is 1. The molecule has 3 nitrogen and oxygen atoms in total. The fraction of sp³-hybridized carbons (Fsp3) is 0.154. The van der Waals surface area contributed by atoms with Crippen molar-refractivity contribution in [1.82, 2.24) is 9.97 Å². The summed E-state index contributed by atoms with van der Waals surface area (Å²) in [5, 5.41) is 0. The van der Waals surface area contributed by atoms with E-state index < -0.39 is 0 Å². The molecule has 80 valence electrons. The minimum absolute atomic E-state index is 0.134. The Balaban J connectivity index is 2.53. The number of hydrogen-bond acceptors (Lipinski definition) is 3. The van der Waals surface area contributed by atoms with Crippen molar-refractivity contribution >= 4 is 5.78 Å². The number of rotatable bonds is 3. The van der Waals surface area contributed by atoms with Gasteiger partial charge < -0.3 is 0 Å². The largest absolute Gasteiger partial charge is 0.294 e. The molecular weight excluding hydrogens is 200 g/mol. The van der Waals surface area contributed by atoms with Crippen LogP contribution in [0.2, 0.25) is 0 Å². The Hall–Kier alpha value is -2.03. The molecule has 1 aromatic heterocycles. The van der Waals surface area contributed by atoms with E-state index in [9.17, 15) is 4.79 Å². The lowest BCUT2D eigenvalue weighted by Gasteiger charge is -2.06. The van der Waals surface area contributed by atoms with Crippen LogP contribution < -0.4 is 0 Å². The Morgan fingerprint density at radius 1 is 1.25 bits per heavy atom. The first-order valence-corrected chi connectivity index (χ1v) is 5.21. The van der Waals surface area contributed by atoms with Gasteiger partial charge in [-0.25, -0.2) is 9.97 Å². The third kappa shape index (κ3) is 1.98. The van der Waals surface area contributed by atoms with Gasteiger partial charge in [0.25, 0.3) is 0 Å². The Morgan fingerprint density at radius 2 is 2.06 bits per heavy atom. The molecule has 3 heteroatoms. The molecule has 16 heavy (non-hydrogen) atoms. The molecule has 0 aliphatic rings. The van der Waals surface area contributed by atoms with E-state index in [1.807, 2.05) is 37.3 Å². The van der Waals surface area contributed by atoms with E-state index in [1.54, 1.807) is 6.20 Å². The average molecular weight is 212 g/mol. The Kier molecular flexibility index (Phi) is 3.05. The van der Waals surface area contributed by atoms with Crippen molar-refractivity contribution in [2.24, 2.45) is 0 Å². The van der Waals surface area contributed by atoms with Crippen LogP contribution in [0, 0.1) is 0 Å². The fourth-order valence-corrected chi connectivity index (χ4v) is 1.59. The number of ketones is 1. The van der Waals surface area contributed by atoms with Gasteiger partial charge in [-0.1, -0.05) is 31.2 Å². The number of hydrogen-bond donors (Lipinski definition) is 0. The lowest BCUT2D eigenvalue weighted by molar-refractivity contribution is 0.0989. The molecule has 2 rings (SSSR count). The number of benzene rings is 1. The summed E-state index contributed by atoms with van der Waals surface area (Å²) in [6.45, 7) is 1.86. The Labute approximate surface area is 94.2 Å². The minimum Gasteiger partial charge on any atom is -0.294 e. The highest BCUT2D eigenvalue weighted by molar-refractivity contribution is 6.01. The molecule has 0 saturated carbocycles. The molecule has 1 heterocycles. The molecule has 0 amide bonds. The maximum Gasteiger partial charge on any atom is 0.163 e. The van der Waals surface area contributed by atoms with Gasteiger partial charge in [0.1, 0.15) is 6.33 Å². The van der Waals surface area contributed by atoms with Crippen LogP contribution in [-0.4, -0.2) is 15.8 Å². The SMILES string of the molecule is CCC(=O)c1ccccc1-c1ccncn1. The van der Waals surface area contributed by atoms with Crippen molar-refractivity contribution in [2.75, 3.05) is 0 Å². The zero-order valence-electron chi connectivity index (χ0n) is 9.05. The summed E-state index contributed by atoms with van der Waals surface area (Å²) in [5.41, 5.74) is 2.38.